The molecule has 204 valence electrons. The second-order valence-corrected chi connectivity index (χ2v) is 10.3. The maximum absolute atomic E-state index is 13.5. The summed E-state index contributed by atoms with van der Waals surface area (Å²) in [5.41, 5.74) is -1.42. The van der Waals surface area contributed by atoms with Gasteiger partial charge in [-0.2, -0.15) is 0 Å². The van der Waals surface area contributed by atoms with Gasteiger partial charge >= 0.3 is 0 Å². The van der Waals surface area contributed by atoms with Crippen LogP contribution in [0.1, 0.15) is 69.3 Å². The van der Waals surface area contributed by atoms with E-state index in [-0.39, 0.29) is 46.4 Å². The van der Waals surface area contributed by atoms with E-state index in [1.54, 1.807) is 13.8 Å². The van der Waals surface area contributed by atoms with Crippen molar-refractivity contribution in [2.24, 2.45) is 0 Å². The molecule has 0 saturated carbocycles. The summed E-state index contributed by atoms with van der Waals surface area (Å²) >= 11 is 0. The minimum atomic E-state index is -1.33. The minimum absolute atomic E-state index is 0.0170. The smallest absolute Gasteiger partial charge is 0.201 e. The fraction of sp³-hybridized carbons (Fsp3) is 0.481. The first-order valence-corrected chi connectivity index (χ1v) is 12.2. The third kappa shape index (κ3) is 4.06. The molecule has 2 aromatic carbocycles. The van der Waals surface area contributed by atoms with Crippen molar-refractivity contribution in [1.82, 2.24) is 0 Å². The molecule has 5 N–H and O–H groups in total. The molecule has 38 heavy (non-hydrogen) atoms. The second kappa shape index (κ2) is 9.30. The van der Waals surface area contributed by atoms with Crippen molar-refractivity contribution in [3.8, 4) is 17.2 Å². The number of carbonyl (C=O) groups is 2. The van der Waals surface area contributed by atoms with Crippen LogP contribution in [0.2, 0.25) is 0 Å². The van der Waals surface area contributed by atoms with Crippen LogP contribution in [-0.2, 0) is 20.6 Å². The molecule has 0 aromatic heterocycles. The fourth-order valence-corrected chi connectivity index (χ4v) is 5.68. The van der Waals surface area contributed by atoms with E-state index in [0.717, 1.165) is 0 Å². The Hall–Kier alpha value is -3.06. The molecule has 7 atom stereocenters. The molecule has 2 aromatic rings. The van der Waals surface area contributed by atoms with Gasteiger partial charge in [-0.05, 0) is 31.5 Å². The van der Waals surface area contributed by atoms with Gasteiger partial charge in [0.15, 0.2) is 12.1 Å². The number of hydrogen-bond acceptors (Lipinski definition) is 11. The van der Waals surface area contributed by atoms with Gasteiger partial charge in [0.2, 0.25) is 5.78 Å². The molecule has 0 unspecified atom stereocenters. The third-order valence-corrected chi connectivity index (χ3v) is 7.57. The van der Waals surface area contributed by atoms with E-state index in [4.69, 9.17) is 18.9 Å². The molecule has 0 bridgehead atoms. The van der Waals surface area contributed by atoms with Gasteiger partial charge in [0, 0.05) is 42.7 Å². The maximum atomic E-state index is 13.5. The van der Waals surface area contributed by atoms with Crippen molar-refractivity contribution < 1.29 is 54.1 Å². The topological polar surface area (TPSA) is 172 Å². The minimum Gasteiger partial charge on any atom is -0.507 e. The summed E-state index contributed by atoms with van der Waals surface area (Å²) in [6.07, 6.45) is -6.64. The van der Waals surface area contributed by atoms with Crippen molar-refractivity contribution >= 4 is 11.6 Å². The van der Waals surface area contributed by atoms with Crippen LogP contribution < -0.4 is 4.74 Å². The number of hydrogen-bond donors (Lipinski definition) is 5. The summed E-state index contributed by atoms with van der Waals surface area (Å²) in [5, 5.41) is 53.7. The first-order valence-electron chi connectivity index (χ1n) is 12.2. The zero-order valence-corrected chi connectivity index (χ0v) is 21.3. The van der Waals surface area contributed by atoms with E-state index in [1.165, 1.54) is 32.4 Å². The average Bonchev–Trinajstić information content (AvgIpc) is 2.84. The molecule has 11 nitrogen and oxygen atoms in total. The van der Waals surface area contributed by atoms with Crippen LogP contribution in [0.25, 0.3) is 0 Å². The highest BCUT2D eigenvalue weighted by molar-refractivity contribution is 6.30. The molecule has 0 amide bonds. The Morgan fingerprint density at radius 2 is 1.68 bits per heavy atom. The van der Waals surface area contributed by atoms with Crippen LogP contribution in [0.3, 0.4) is 0 Å². The first-order chi connectivity index (χ1) is 17.9. The maximum Gasteiger partial charge on any atom is 0.201 e. The van der Waals surface area contributed by atoms with Crippen LogP contribution in [0, 0.1) is 0 Å². The monoisotopic (exact) mass is 530 g/mol. The van der Waals surface area contributed by atoms with E-state index >= 15 is 0 Å². The molecule has 0 radical (unpaired) electrons. The summed E-state index contributed by atoms with van der Waals surface area (Å²) in [6, 6.07) is 4.01. The van der Waals surface area contributed by atoms with Crippen molar-refractivity contribution in [3.63, 3.8) is 0 Å². The van der Waals surface area contributed by atoms with Gasteiger partial charge in [0.25, 0.3) is 0 Å². The first kappa shape index (κ1) is 26.5. The lowest BCUT2D eigenvalue weighted by atomic mass is 9.74. The highest BCUT2D eigenvalue weighted by Crippen LogP contribution is 2.48. The number of rotatable bonds is 4. The molecule has 2 aliphatic carbocycles. The molecule has 3 aliphatic rings. The van der Waals surface area contributed by atoms with Gasteiger partial charge < -0.3 is 44.5 Å². The molecule has 1 heterocycles. The predicted octanol–water partition coefficient (Wildman–Crippen LogP) is 1.12. The Balaban J connectivity index is 1.62. The number of benzene rings is 2. The number of methoxy groups -OCH3 is 2. The van der Waals surface area contributed by atoms with Gasteiger partial charge in [-0.15, -0.1) is 0 Å². The van der Waals surface area contributed by atoms with Gasteiger partial charge in [-0.3, -0.25) is 9.59 Å². The molecule has 0 spiro atoms. The summed E-state index contributed by atoms with van der Waals surface area (Å²) in [5.74, 6) is -2.12. The largest absolute Gasteiger partial charge is 0.507 e. The Morgan fingerprint density at radius 3 is 2.34 bits per heavy atom. The quantitative estimate of drug-likeness (QED) is 0.327. The normalized spacial score (nSPS) is 32.4. The Labute approximate surface area is 218 Å². The standard InChI is InChI=1S/C27H30O11/c1-10-20(29)24(33)25(36-4)26(37-10)38-16-9-27(2,34)8-11-5-13-19(22(31)17(11)16)23(32)18-14(21(13)30)6-12(35-3)7-15(18)28/h5-7,10,16,20,24-26,28-29,31,33-34H,8-9H2,1-4H3/t10-,16+,20+,24+,25-,26+,27-/m1/s1. The summed E-state index contributed by atoms with van der Waals surface area (Å²) in [7, 11) is 2.68. The highest BCUT2D eigenvalue weighted by Gasteiger charge is 2.48. The number of fused-ring (bicyclic) bond motifs is 3. The van der Waals surface area contributed by atoms with Crippen LogP contribution >= 0.6 is 0 Å². The van der Waals surface area contributed by atoms with Crippen molar-refractivity contribution in [2.45, 2.75) is 69.1 Å². The number of ether oxygens (including phenoxy) is 4. The number of aromatic hydroxyl groups is 2. The van der Waals surface area contributed by atoms with Crippen LogP contribution in [0.4, 0.5) is 0 Å². The molecule has 1 fully saturated rings. The molecule has 11 heteroatoms. The molecule has 1 saturated heterocycles. The van der Waals surface area contributed by atoms with E-state index in [2.05, 4.69) is 0 Å². The van der Waals surface area contributed by atoms with Crippen LogP contribution in [0.5, 0.6) is 17.2 Å². The van der Waals surface area contributed by atoms with Crippen LogP contribution in [-0.4, -0.2) is 87.6 Å². The van der Waals surface area contributed by atoms with E-state index in [9.17, 15) is 35.1 Å². The summed E-state index contributed by atoms with van der Waals surface area (Å²) in [4.78, 5) is 27.0. The van der Waals surface area contributed by atoms with Gasteiger partial charge in [-0.25, -0.2) is 0 Å². The number of phenols is 2. The second-order valence-electron chi connectivity index (χ2n) is 10.3. The Kier molecular flexibility index (Phi) is 6.49. The van der Waals surface area contributed by atoms with Crippen molar-refractivity contribution in [2.75, 3.05) is 14.2 Å². The fourth-order valence-electron chi connectivity index (χ4n) is 5.68. The van der Waals surface area contributed by atoms with E-state index < -0.39 is 65.5 Å². The zero-order valence-electron chi connectivity index (χ0n) is 21.3. The average molecular weight is 531 g/mol. The zero-order chi connectivity index (χ0) is 27.7. The number of aliphatic hydroxyl groups is 3. The summed E-state index contributed by atoms with van der Waals surface area (Å²) < 4.78 is 22.3. The summed E-state index contributed by atoms with van der Waals surface area (Å²) in [6.45, 7) is 3.13. The number of phenolic OH excluding ortho intramolecular Hbond substituents is 2. The van der Waals surface area contributed by atoms with Gasteiger partial charge in [-0.1, -0.05) is 0 Å². The number of carbonyl (C=O) groups excluding carboxylic acids is 2. The van der Waals surface area contributed by atoms with Gasteiger partial charge in [0.05, 0.1) is 36.0 Å². The highest BCUT2D eigenvalue weighted by atomic mass is 16.7. The van der Waals surface area contributed by atoms with E-state index in [0.29, 0.717) is 5.56 Å². The van der Waals surface area contributed by atoms with Crippen LogP contribution in [0.15, 0.2) is 18.2 Å². The SMILES string of the molecule is COc1cc(O)c2c(c1)C(=O)c1cc3c(c(O)c1C2=O)[C@@H](O[C@@H]1O[C@H](C)[C@H](O)[C@H](O)[C@H]1OC)C[C@](C)(O)C3. The number of aliphatic hydroxyl groups excluding tert-OH is 2. The van der Waals surface area contributed by atoms with Crippen molar-refractivity contribution in [3.05, 3.63) is 51.6 Å². The Bertz CT molecular complexity index is 1320. The van der Waals surface area contributed by atoms with Crippen molar-refractivity contribution in [1.29, 1.82) is 0 Å². The number of ketones is 2. The predicted molar refractivity (Wildman–Crippen MR) is 130 cm³/mol. The van der Waals surface area contributed by atoms with E-state index in [1.807, 2.05) is 0 Å². The molecular formula is C27H30O11. The lowest BCUT2D eigenvalue weighted by Gasteiger charge is -2.44. The van der Waals surface area contributed by atoms with Gasteiger partial charge in [0.1, 0.15) is 35.6 Å². The lowest BCUT2D eigenvalue weighted by molar-refractivity contribution is -0.313. The lowest BCUT2D eigenvalue weighted by Crippen LogP contribution is -2.58. The third-order valence-electron chi connectivity index (χ3n) is 7.57. The molecule has 1 aliphatic heterocycles. The molecular weight excluding hydrogens is 500 g/mol. The Morgan fingerprint density at radius 1 is 1.00 bits per heavy atom. The molecule has 5 rings (SSSR count).